The summed E-state index contributed by atoms with van der Waals surface area (Å²) in [5.41, 5.74) is 0.782. The molecule has 3 amide bonds. The van der Waals surface area contributed by atoms with Crippen LogP contribution < -0.4 is 0 Å². The standard InChI is InChI=1S/C30H41N3O4S/c1-5-8-12-19-32(18-7-3)29(37)26-30-16-15-23(38-30)24(27(35)31(4)17-6-2)25(30)28(36)33(26)22(20-34)21-13-10-9-11-14-21/h6-7,9-11,13-14,22-26,34H,2-3,5,8,12,15-20H2,1,4H3/t22-,23+,24-,25+,26?,30?/m1/s1. The van der Waals surface area contributed by atoms with Gasteiger partial charge in [-0.2, -0.15) is 0 Å². The van der Waals surface area contributed by atoms with Crippen molar-refractivity contribution < 1.29 is 19.5 Å². The van der Waals surface area contributed by atoms with Crippen LogP contribution in [0.5, 0.6) is 0 Å². The van der Waals surface area contributed by atoms with Crippen molar-refractivity contribution in [3.63, 3.8) is 0 Å². The number of carbonyl (C=O) groups is 3. The van der Waals surface area contributed by atoms with E-state index in [-0.39, 0.29) is 29.6 Å². The molecule has 2 unspecified atom stereocenters. The Bertz CT molecular complexity index is 1050. The third-order valence-electron chi connectivity index (χ3n) is 8.42. The van der Waals surface area contributed by atoms with E-state index < -0.39 is 28.7 Å². The summed E-state index contributed by atoms with van der Waals surface area (Å²) in [6, 6.07) is 7.99. The van der Waals surface area contributed by atoms with Crippen LogP contribution in [0.15, 0.2) is 55.6 Å². The Morgan fingerprint density at radius 3 is 2.53 bits per heavy atom. The second-order valence-electron chi connectivity index (χ2n) is 10.7. The summed E-state index contributed by atoms with van der Waals surface area (Å²) in [5.74, 6) is -1.46. The van der Waals surface area contributed by atoms with Gasteiger partial charge in [0.25, 0.3) is 0 Å². The van der Waals surface area contributed by atoms with Gasteiger partial charge in [0.2, 0.25) is 17.7 Å². The zero-order valence-corrected chi connectivity index (χ0v) is 23.4. The second kappa shape index (κ2) is 12.1. The monoisotopic (exact) mass is 539 g/mol. The number of fused-ring (bicyclic) bond motifs is 1. The number of nitrogens with zero attached hydrogens (tertiary/aromatic N) is 3. The summed E-state index contributed by atoms with van der Waals surface area (Å²) in [6.07, 6.45) is 7.82. The highest BCUT2D eigenvalue weighted by Crippen LogP contribution is 2.67. The molecule has 7 nitrogen and oxygen atoms in total. The Morgan fingerprint density at radius 1 is 1.18 bits per heavy atom. The number of likely N-dealkylation sites (tertiary alicyclic amines) is 1. The Balaban J connectivity index is 1.79. The molecule has 1 spiro atoms. The third-order valence-corrected chi connectivity index (χ3v) is 10.4. The molecule has 0 saturated carbocycles. The van der Waals surface area contributed by atoms with Crippen LogP contribution in [0.2, 0.25) is 0 Å². The summed E-state index contributed by atoms with van der Waals surface area (Å²) in [7, 11) is 1.74. The van der Waals surface area contributed by atoms with Crippen molar-refractivity contribution in [3.05, 3.63) is 61.2 Å². The van der Waals surface area contributed by atoms with Crippen molar-refractivity contribution in [1.82, 2.24) is 14.7 Å². The van der Waals surface area contributed by atoms with Crippen LogP contribution in [0.3, 0.4) is 0 Å². The van der Waals surface area contributed by atoms with Crippen LogP contribution in [-0.4, -0.2) is 86.9 Å². The lowest BCUT2D eigenvalue weighted by atomic mass is 9.70. The van der Waals surface area contributed by atoms with Crippen LogP contribution in [-0.2, 0) is 14.4 Å². The summed E-state index contributed by atoms with van der Waals surface area (Å²) >= 11 is 1.66. The van der Waals surface area contributed by atoms with Crippen LogP contribution in [0.1, 0.15) is 50.6 Å². The highest BCUT2D eigenvalue weighted by Gasteiger charge is 2.74. The number of likely N-dealkylation sites (N-methyl/N-ethyl adjacent to an activating group) is 1. The first kappa shape index (κ1) is 28.4. The van der Waals surface area contributed by atoms with E-state index in [1.165, 1.54) is 0 Å². The predicted octanol–water partition coefficient (Wildman–Crippen LogP) is 3.66. The van der Waals surface area contributed by atoms with E-state index in [1.807, 2.05) is 35.2 Å². The minimum Gasteiger partial charge on any atom is -0.394 e. The fraction of sp³-hybridized carbons (Fsp3) is 0.567. The van der Waals surface area contributed by atoms with Gasteiger partial charge in [0.05, 0.1) is 29.2 Å². The maximum absolute atomic E-state index is 14.5. The van der Waals surface area contributed by atoms with Gasteiger partial charge in [-0.25, -0.2) is 0 Å². The highest BCUT2D eigenvalue weighted by atomic mass is 32.2. The van der Waals surface area contributed by atoms with Gasteiger partial charge in [-0.3, -0.25) is 14.4 Å². The van der Waals surface area contributed by atoms with Crippen molar-refractivity contribution in [3.8, 4) is 0 Å². The molecule has 38 heavy (non-hydrogen) atoms. The average Bonchev–Trinajstić information content (AvgIpc) is 3.56. The molecule has 8 heteroatoms. The number of rotatable bonds is 13. The molecule has 6 atom stereocenters. The quantitative estimate of drug-likeness (QED) is 0.306. The number of aliphatic hydroxyl groups excluding tert-OH is 1. The summed E-state index contributed by atoms with van der Waals surface area (Å²) in [5, 5.41) is 10.6. The first-order chi connectivity index (χ1) is 18.4. The Labute approximate surface area is 230 Å². The third kappa shape index (κ3) is 4.81. The SMILES string of the molecule is C=CCN(C)C(=O)[C@@H]1[C@@H]2CCC3(S2)C(C(=O)N(CC=C)CCCCC)N([C@H](CO)c2ccccc2)C(=O)[C@H]13. The normalized spacial score (nSPS) is 28.2. The van der Waals surface area contributed by atoms with E-state index in [0.717, 1.165) is 31.2 Å². The van der Waals surface area contributed by atoms with E-state index in [4.69, 9.17) is 0 Å². The summed E-state index contributed by atoms with van der Waals surface area (Å²) in [4.78, 5) is 47.6. The molecule has 3 aliphatic rings. The van der Waals surface area contributed by atoms with Crippen molar-refractivity contribution in [2.45, 2.75) is 61.1 Å². The molecule has 0 aromatic heterocycles. The molecule has 1 aromatic rings. The average molecular weight is 540 g/mol. The molecule has 206 valence electrons. The number of aliphatic hydroxyl groups is 1. The molecular formula is C30H41N3O4S. The molecular weight excluding hydrogens is 498 g/mol. The molecule has 0 aliphatic carbocycles. The van der Waals surface area contributed by atoms with Crippen LogP contribution in [0, 0.1) is 11.8 Å². The molecule has 3 heterocycles. The number of hydrogen-bond donors (Lipinski definition) is 1. The van der Waals surface area contributed by atoms with Crippen LogP contribution in [0.25, 0.3) is 0 Å². The predicted molar refractivity (Wildman–Crippen MR) is 151 cm³/mol. The number of thioether (sulfide) groups is 1. The molecule has 2 bridgehead atoms. The van der Waals surface area contributed by atoms with Gasteiger partial charge in [-0.15, -0.1) is 24.9 Å². The van der Waals surface area contributed by atoms with Gasteiger partial charge in [-0.05, 0) is 24.8 Å². The van der Waals surface area contributed by atoms with Crippen LogP contribution in [0.4, 0.5) is 0 Å². The Morgan fingerprint density at radius 2 is 1.89 bits per heavy atom. The lowest BCUT2D eigenvalue weighted by Crippen LogP contribution is -2.56. The molecule has 3 aliphatic heterocycles. The number of amides is 3. The molecule has 4 rings (SSSR count). The molecule has 1 aromatic carbocycles. The zero-order chi connectivity index (χ0) is 27.4. The van der Waals surface area contributed by atoms with E-state index >= 15 is 0 Å². The minimum atomic E-state index is -0.753. The molecule has 3 saturated heterocycles. The maximum atomic E-state index is 14.5. The molecule has 0 radical (unpaired) electrons. The number of benzene rings is 1. The smallest absolute Gasteiger partial charge is 0.247 e. The number of hydrogen-bond acceptors (Lipinski definition) is 5. The van der Waals surface area contributed by atoms with Gasteiger partial charge >= 0.3 is 0 Å². The second-order valence-corrected chi connectivity index (χ2v) is 12.3. The van der Waals surface area contributed by atoms with Crippen molar-refractivity contribution in [2.75, 3.05) is 33.3 Å². The topological polar surface area (TPSA) is 81.2 Å². The molecule has 3 fully saturated rings. The largest absolute Gasteiger partial charge is 0.394 e. The van der Waals surface area contributed by atoms with Gasteiger partial charge in [-0.1, -0.05) is 62.2 Å². The Hall–Kier alpha value is -2.58. The summed E-state index contributed by atoms with van der Waals surface area (Å²) < 4.78 is -0.694. The highest BCUT2D eigenvalue weighted by molar-refractivity contribution is 8.02. The van der Waals surface area contributed by atoms with Gasteiger partial charge in [0.15, 0.2) is 0 Å². The number of carbonyl (C=O) groups excluding carboxylic acids is 3. The van der Waals surface area contributed by atoms with Crippen molar-refractivity contribution in [2.24, 2.45) is 11.8 Å². The van der Waals surface area contributed by atoms with Gasteiger partial charge in [0, 0.05) is 31.9 Å². The van der Waals surface area contributed by atoms with Crippen molar-refractivity contribution >= 4 is 29.5 Å². The minimum absolute atomic E-state index is 0.00147. The lowest BCUT2D eigenvalue weighted by molar-refractivity contribution is -0.147. The van der Waals surface area contributed by atoms with Crippen molar-refractivity contribution in [1.29, 1.82) is 0 Å². The van der Waals surface area contributed by atoms with Gasteiger partial charge < -0.3 is 19.8 Å². The molecule has 1 N–H and O–H groups in total. The van der Waals surface area contributed by atoms with E-state index in [1.54, 1.807) is 40.8 Å². The van der Waals surface area contributed by atoms with E-state index in [0.29, 0.717) is 26.1 Å². The van der Waals surface area contributed by atoms with E-state index in [2.05, 4.69) is 20.1 Å². The zero-order valence-electron chi connectivity index (χ0n) is 22.6. The lowest BCUT2D eigenvalue weighted by Gasteiger charge is -2.39. The fourth-order valence-corrected chi connectivity index (χ4v) is 8.92. The summed E-state index contributed by atoms with van der Waals surface area (Å²) in [6.45, 7) is 10.9. The maximum Gasteiger partial charge on any atom is 0.247 e. The number of unbranched alkanes of at least 4 members (excludes halogenated alkanes) is 2. The van der Waals surface area contributed by atoms with E-state index in [9.17, 15) is 19.5 Å². The first-order valence-electron chi connectivity index (χ1n) is 13.8. The first-order valence-corrected chi connectivity index (χ1v) is 14.7. The fourth-order valence-electron chi connectivity index (χ4n) is 6.73. The van der Waals surface area contributed by atoms with Gasteiger partial charge in [0.1, 0.15) is 6.04 Å². The van der Waals surface area contributed by atoms with Crippen LogP contribution >= 0.6 is 11.8 Å². The Kier molecular flexibility index (Phi) is 9.04.